The summed E-state index contributed by atoms with van der Waals surface area (Å²) in [6, 6.07) is 20.0. The first-order valence-electron chi connectivity index (χ1n) is 11.4. The van der Waals surface area contributed by atoms with E-state index in [0.717, 1.165) is 5.56 Å². The molecule has 10 nitrogen and oxygen atoms in total. The number of aliphatic imine (C=N–C) groups is 1. The molecule has 4 rings (SSSR count). The normalized spacial score (nSPS) is 11.1. The Kier molecular flexibility index (Phi) is 8.92. The molecule has 4 aromatic rings. The molecule has 0 spiro atoms. The van der Waals surface area contributed by atoms with Gasteiger partial charge in [0.15, 0.2) is 0 Å². The number of rotatable bonds is 9. The van der Waals surface area contributed by atoms with Crippen LogP contribution in [-0.4, -0.2) is 44.0 Å². The number of amides is 1. The number of ether oxygens (including phenoxy) is 1. The quantitative estimate of drug-likeness (QED) is 0.205. The fourth-order valence-electron chi connectivity index (χ4n) is 3.30. The van der Waals surface area contributed by atoms with Gasteiger partial charge >= 0.3 is 0 Å². The number of thioether (sulfide) groups is 1. The van der Waals surface area contributed by atoms with E-state index in [1.54, 1.807) is 36.0 Å². The molecule has 0 aliphatic heterocycles. The van der Waals surface area contributed by atoms with Gasteiger partial charge in [0.25, 0.3) is 11.9 Å². The number of nitrogens with zero attached hydrogens (tertiary/aromatic N) is 6. The van der Waals surface area contributed by atoms with Crippen LogP contribution in [0.15, 0.2) is 71.9 Å². The number of carbonyl (C=O) groups excluding carboxylic acids is 1. The maximum absolute atomic E-state index is 11.9. The maximum Gasteiger partial charge on any atom is 0.269 e. The van der Waals surface area contributed by atoms with Crippen molar-refractivity contribution >= 4 is 51.9 Å². The van der Waals surface area contributed by atoms with E-state index in [-0.39, 0.29) is 18.0 Å². The topological polar surface area (TPSA) is 130 Å². The fraction of sp³-hybridized carbons (Fsp3) is 0.154. The van der Waals surface area contributed by atoms with E-state index in [9.17, 15) is 4.79 Å². The monoisotopic (exact) mass is 546 g/mol. The molecule has 192 valence electrons. The van der Waals surface area contributed by atoms with Gasteiger partial charge in [0.1, 0.15) is 17.2 Å². The first kappa shape index (κ1) is 26.7. The highest BCUT2D eigenvalue weighted by atomic mass is 35.5. The summed E-state index contributed by atoms with van der Waals surface area (Å²) >= 11 is 7.41. The number of nitriles is 1. The second-order valence-electron chi connectivity index (χ2n) is 7.77. The molecule has 0 atom stereocenters. The Bertz CT molecular complexity index is 1500. The third-order valence-electron chi connectivity index (χ3n) is 5.11. The van der Waals surface area contributed by atoms with Gasteiger partial charge in [-0.2, -0.15) is 10.2 Å². The van der Waals surface area contributed by atoms with Gasteiger partial charge in [-0.25, -0.2) is 9.67 Å². The summed E-state index contributed by atoms with van der Waals surface area (Å²) in [5, 5.41) is 20.7. The van der Waals surface area contributed by atoms with Crippen molar-refractivity contribution in [3.8, 4) is 17.6 Å². The van der Waals surface area contributed by atoms with Crippen molar-refractivity contribution in [3.05, 3.63) is 83.1 Å². The van der Waals surface area contributed by atoms with Gasteiger partial charge < -0.3 is 15.4 Å². The number of benzene rings is 2. The molecule has 2 aromatic heterocycles. The predicted molar refractivity (Wildman–Crippen MR) is 149 cm³/mol. The van der Waals surface area contributed by atoms with E-state index in [0.29, 0.717) is 45.7 Å². The van der Waals surface area contributed by atoms with Crippen molar-refractivity contribution < 1.29 is 9.53 Å². The van der Waals surface area contributed by atoms with E-state index in [1.165, 1.54) is 18.0 Å². The Morgan fingerprint density at radius 1 is 1.18 bits per heavy atom. The number of nitrogens with one attached hydrogen (secondary N) is 2. The van der Waals surface area contributed by atoms with E-state index in [1.807, 2.05) is 42.7 Å². The smallest absolute Gasteiger partial charge is 0.269 e. The second-order valence-corrected chi connectivity index (χ2v) is 9.09. The minimum Gasteiger partial charge on any atom is -0.457 e. The van der Waals surface area contributed by atoms with Crippen molar-refractivity contribution in [1.29, 1.82) is 5.26 Å². The molecular weight excluding hydrogens is 524 g/mol. The minimum absolute atomic E-state index is 0.174. The van der Waals surface area contributed by atoms with Gasteiger partial charge in [-0.05, 0) is 42.2 Å². The second kappa shape index (κ2) is 12.7. The summed E-state index contributed by atoms with van der Waals surface area (Å²) in [6.45, 7) is 0.414. The van der Waals surface area contributed by atoms with Crippen LogP contribution in [0.3, 0.4) is 0 Å². The largest absolute Gasteiger partial charge is 0.457 e. The summed E-state index contributed by atoms with van der Waals surface area (Å²) in [5.74, 6) is 1.41. The third-order valence-corrected chi connectivity index (χ3v) is 6.06. The van der Waals surface area contributed by atoms with E-state index < -0.39 is 0 Å². The summed E-state index contributed by atoms with van der Waals surface area (Å²) in [4.78, 5) is 25.0. The Morgan fingerprint density at radius 3 is 2.71 bits per heavy atom. The minimum atomic E-state index is -0.302. The summed E-state index contributed by atoms with van der Waals surface area (Å²) in [6.07, 6.45) is 3.55. The van der Waals surface area contributed by atoms with Crippen molar-refractivity contribution in [1.82, 2.24) is 25.1 Å². The van der Waals surface area contributed by atoms with Crippen LogP contribution in [0.5, 0.6) is 11.5 Å². The molecule has 0 aliphatic carbocycles. The van der Waals surface area contributed by atoms with Crippen LogP contribution < -0.4 is 15.4 Å². The van der Waals surface area contributed by atoms with Gasteiger partial charge in [-0.3, -0.25) is 9.78 Å². The van der Waals surface area contributed by atoms with Gasteiger partial charge in [0.2, 0.25) is 5.95 Å². The highest BCUT2D eigenvalue weighted by Gasteiger charge is 2.13. The van der Waals surface area contributed by atoms with Crippen LogP contribution in [0.1, 0.15) is 22.5 Å². The highest BCUT2D eigenvalue weighted by Crippen LogP contribution is 2.27. The van der Waals surface area contributed by atoms with Crippen molar-refractivity contribution in [2.75, 3.05) is 18.6 Å². The third kappa shape index (κ3) is 7.09. The van der Waals surface area contributed by atoms with Crippen molar-refractivity contribution in [2.45, 2.75) is 13.0 Å². The first-order valence-corrected chi connectivity index (χ1v) is 13.0. The van der Waals surface area contributed by atoms with Crippen LogP contribution in [0.2, 0.25) is 5.02 Å². The van der Waals surface area contributed by atoms with E-state index in [2.05, 4.69) is 36.8 Å². The van der Waals surface area contributed by atoms with Gasteiger partial charge in [-0.15, -0.1) is 16.9 Å². The number of halogens is 1. The first-order chi connectivity index (χ1) is 18.5. The zero-order chi connectivity index (χ0) is 26.9. The Morgan fingerprint density at radius 2 is 1.97 bits per heavy atom. The Hall–Kier alpha value is -4.40. The van der Waals surface area contributed by atoms with Crippen LogP contribution >= 0.6 is 23.4 Å². The number of aromatic nitrogens is 4. The number of pyridine rings is 1. The highest BCUT2D eigenvalue weighted by molar-refractivity contribution is 8.13. The van der Waals surface area contributed by atoms with Crippen LogP contribution in [0.4, 0.5) is 17.6 Å². The summed E-state index contributed by atoms with van der Waals surface area (Å²) < 4.78 is 7.60. The SMILES string of the molecule is CNC(=O)c1cc(Oc2cccc(Nc3nc(/N=C(\CC#N)SC)n(Cc4ccc(Cl)cc4)n3)c2)ccn1. The summed E-state index contributed by atoms with van der Waals surface area (Å²) in [5.41, 5.74) is 1.91. The molecule has 0 radical (unpaired) electrons. The lowest BCUT2D eigenvalue weighted by atomic mass is 10.2. The molecule has 0 bridgehead atoms. The summed E-state index contributed by atoms with van der Waals surface area (Å²) in [7, 11) is 1.54. The molecule has 0 unspecified atom stereocenters. The molecule has 0 saturated carbocycles. The maximum atomic E-state index is 11.9. The number of hydrogen-bond donors (Lipinski definition) is 2. The molecule has 38 heavy (non-hydrogen) atoms. The molecule has 1 amide bonds. The lowest BCUT2D eigenvalue weighted by Gasteiger charge is -2.09. The molecule has 2 aromatic carbocycles. The van der Waals surface area contributed by atoms with Crippen LogP contribution in [-0.2, 0) is 6.54 Å². The predicted octanol–water partition coefficient (Wildman–Crippen LogP) is 5.58. The zero-order valence-corrected chi connectivity index (χ0v) is 22.1. The lowest BCUT2D eigenvalue weighted by Crippen LogP contribution is -2.18. The van der Waals surface area contributed by atoms with Crippen molar-refractivity contribution in [2.24, 2.45) is 4.99 Å². The Balaban J connectivity index is 1.58. The van der Waals surface area contributed by atoms with E-state index in [4.69, 9.17) is 21.6 Å². The van der Waals surface area contributed by atoms with Gasteiger partial charge in [0, 0.05) is 36.1 Å². The average molecular weight is 547 g/mol. The fourth-order valence-corrected chi connectivity index (χ4v) is 3.81. The van der Waals surface area contributed by atoms with E-state index >= 15 is 0 Å². The average Bonchev–Trinajstić information content (AvgIpc) is 3.29. The van der Waals surface area contributed by atoms with Gasteiger partial charge in [0.05, 0.1) is 24.1 Å². The van der Waals surface area contributed by atoms with Crippen LogP contribution in [0, 0.1) is 11.3 Å². The Labute approximate surface area is 228 Å². The van der Waals surface area contributed by atoms with Crippen LogP contribution in [0.25, 0.3) is 0 Å². The standard InChI is InChI=1S/C26H23ClN8O2S/c1-29-24(36)22-15-21(11-13-30-22)37-20-5-3-4-19(14-20)31-25-33-26(32-23(38-2)10-12-28)35(34-25)16-17-6-8-18(27)9-7-17/h3-9,11,13-15H,10,16H2,1-2H3,(H,29,36)(H,31,34)/b32-23+. The number of anilines is 2. The molecule has 0 saturated heterocycles. The zero-order valence-electron chi connectivity index (χ0n) is 20.6. The molecule has 2 heterocycles. The molecule has 12 heteroatoms. The van der Waals surface area contributed by atoms with Crippen molar-refractivity contribution in [3.63, 3.8) is 0 Å². The number of hydrogen-bond acceptors (Lipinski definition) is 9. The molecule has 0 aliphatic rings. The lowest BCUT2D eigenvalue weighted by molar-refractivity contribution is 0.0958. The number of carbonyl (C=O) groups is 1. The molecule has 2 N–H and O–H groups in total. The van der Waals surface area contributed by atoms with Gasteiger partial charge in [-0.1, -0.05) is 29.8 Å². The molecular formula is C26H23ClN8O2S. The molecule has 0 fully saturated rings.